The maximum absolute atomic E-state index is 12.0. The zero-order valence-corrected chi connectivity index (χ0v) is 12.5. The van der Waals surface area contributed by atoms with Gasteiger partial charge in [0.05, 0.1) is 18.8 Å². The van der Waals surface area contributed by atoms with Gasteiger partial charge in [-0.3, -0.25) is 14.3 Å². The molecule has 1 atom stereocenters. The van der Waals surface area contributed by atoms with Crippen LogP contribution in [0.1, 0.15) is 44.3 Å². The van der Waals surface area contributed by atoms with Gasteiger partial charge in [0.2, 0.25) is 11.8 Å². The van der Waals surface area contributed by atoms with E-state index in [2.05, 4.69) is 10.4 Å². The third-order valence-corrected chi connectivity index (χ3v) is 3.63. The van der Waals surface area contributed by atoms with Crippen LogP contribution < -0.4 is 5.32 Å². The fraction of sp³-hybridized carbons (Fsp3) is 0.643. The van der Waals surface area contributed by atoms with Gasteiger partial charge in [0.1, 0.15) is 5.69 Å². The van der Waals surface area contributed by atoms with Crippen LogP contribution >= 0.6 is 0 Å². The number of carbonyl (C=O) groups is 2. The molecule has 2 amide bonds. The summed E-state index contributed by atoms with van der Waals surface area (Å²) in [5.74, 6) is -0.144. The Balaban J connectivity index is 1.91. The summed E-state index contributed by atoms with van der Waals surface area (Å²) in [7, 11) is 1.70. The molecule has 1 fully saturated rings. The minimum atomic E-state index is -0.402. The number of nitrogens with zero attached hydrogens (tertiary/aromatic N) is 3. The van der Waals surface area contributed by atoms with Crippen molar-refractivity contribution in [1.29, 1.82) is 0 Å². The Morgan fingerprint density at radius 3 is 2.90 bits per heavy atom. The van der Waals surface area contributed by atoms with Crippen LogP contribution in [0.5, 0.6) is 5.75 Å². The first-order chi connectivity index (χ1) is 9.97. The van der Waals surface area contributed by atoms with Gasteiger partial charge in [-0.1, -0.05) is 6.42 Å². The summed E-state index contributed by atoms with van der Waals surface area (Å²) in [6, 6.07) is -0.402. The molecule has 2 N–H and O–H groups in total. The van der Waals surface area contributed by atoms with Crippen molar-refractivity contribution in [3.8, 4) is 5.75 Å². The molecule has 2 heterocycles. The van der Waals surface area contributed by atoms with Gasteiger partial charge in [0.15, 0.2) is 5.75 Å². The summed E-state index contributed by atoms with van der Waals surface area (Å²) in [4.78, 5) is 25.5. The molecule has 0 bridgehead atoms. The summed E-state index contributed by atoms with van der Waals surface area (Å²) >= 11 is 0. The summed E-state index contributed by atoms with van der Waals surface area (Å²) < 4.78 is 1.49. The van der Waals surface area contributed by atoms with Crippen LogP contribution in [0.4, 0.5) is 0 Å². The number of hydrogen-bond acceptors (Lipinski definition) is 4. The molecule has 0 aromatic carbocycles. The van der Waals surface area contributed by atoms with Gasteiger partial charge in [-0.25, -0.2) is 0 Å². The van der Waals surface area contributed by atoms with E-state index in [0.29, 0.717) is 18.7 Å². The molecule has 7 nitrogen and oxygen atoms in total. The third-order valence-electron chi connectivity index (χ3n) is 3.63. The normalized spacial score (nSPS) is 17.4. The fourth-order valence-corrected chi connectivity index (χ4v) is 2.54. The van der Waals surface area contributed by atoms with Crippen molar-refractivity contribution in [2.75, 3.05) is 13.1 Å². The Kier molecular flexibility index (Phi) is 4.82. The monoisotopic (exact) mass is 294 g/mol. The first-order valence-corrected chi connectivity index (χ1v) is 7.27. The first kappa shape index (κ1) is 15.3. The molecular formula is C14H22N4O3. The number of aromatic hydroxyl groups is 1. The molecular weight excluding hydrogens is 272 g/mol. The van der Waals surface area contributed by atoms with E-state index in [1.165, 1.54) is 10.9 Å². The number of amides is 2. The van der Waals surface area contributed by atoms with Crippen molar-refractivity contribution < 1.29 is 14.7 Å². The van der Waals surface area contributed by atoms with E-state index < -0.39 is 6.04 Å². The smallest absolute Gasteiger partial charge is 0.240 e. The highest BCUT2D eigenvalue weighted by Crippen LogP contribution is 2.21. The molecule has 21 heavy (non-hydrogen) atoms. The molecule has 0 saturated carbocycles. The van der Waals surface area contributed by atoms with E-state index in [1.807, 2.05) is 0 Å². The lowest BCUT2D eigenvalue weighted by atomic mass is 10.2. The molecule has 0 spiro atoms. The van der Waals surface area contributed by atoms with Crippen LogP contribution in [0.2, 0.25) is 0 Å². The van der Waals surface area contributed by atoms with Gasteiger partial charge in [-0.2, -0.15) is 5.10 Å². The van der Waals surface area contributed by atoms with Gasteiger partial charge in [-0.05, 0) is 19.8 Å². The summed E-state index contributed by atoms with van der Waals surface area (Å²) in [6.07, 6.45) is 4.87. The van der Waals surface area contributed by atoms with Crippen LogP contribution in [0.15, 0.2) is 6.20 Å². The summed E-state index contributed by atoms with van der Waals surface area (Å²) in [6.45, 7) is 2.45. The molecule has 1 aliphatic heterocycles. The van der Waals surface area contributed by atoms with Crippen molar-refractivity contribution in [1.82, 2.24) is 20.0 Å². The minimum absolute atomic E-state index is 0.0380. The van der Waals surface area contributed by atoms with Gasteiger partial charge < -0.3 is 15.3 Å². The van der Waals surface area contributed by atoms with Gasteiger partial charge >= 0.3 is 0 Å². The number of carbonyl (C=O) groups excluding carboxylic acids is 2. The van der Waals surface area contributed by atoms with E-state index in [4.69, 9.17) is 0 Å². The number of aromatic nitrogens is 2. The predicted octanol–water partition coefficient (Wildman–Crippen LogP) is 0.705. The first-order valence-electron chi connectivity index (χ1n) is 7.27. The Hall–Kier alpha value is -2.05. The van der Waals surface area contributed by atoms with Crippen molar-refractivity contribution in [2.24, 2.45) is 7.05 Å². The fourth-order valence-electron chi connectivity index (χ4n) is 2.54. The Labute approximate surface area is 123 Å². The van der Waals surface area contributed by atoms with Gasteiger partial charge in [0, 0.05) is 20.0 Å². The molecule has 7 heteroatoms. The van der Waals surface area contributed by atoms with Crippen molar-refractivity contribution >= 4 is 11.8 Å². The Bertz CT molecular complexity index is 526. The van der Waals surface area contributed by atoms with Crippen molar-refractivity contribution in [3.05, 3.63) is 11.9 Å². The van der Waals surface area contributed by atoms with Crippen molar-refractivity contribution in [2.45, 2.75) is 38.6 Å². The second-order valence-corrected chi connectivity index (χ2v) is 5.49. The maximum atomic E-state index is 12.0. The van der Waals surface area contributed by atoms with E-state index in [9.17, 15) is 14.7 Å². The lowest BCUT2D eigenvalue weighted by molar-refractivity contribution is -0.135. The molecule has 1 aliphatic rings. The topological polar surface area (TPSA) is 87.5 Å². The molecule has 0 aliphatic carbocycles. The van der Waals surface area contributed by atoms with Crippen LogP contribution in [0.25, 0.3) is 0 Å². The lowest BCUT2D eigenvalue weighted by Crippen LogP contribution is -2.41. The molecule has 1 aromatic heterocycles. The predicted molar refractivity (Wildman–Crippen MR) is 76.5 cm³/mol. The van der Waals surface area contributed by atoms with Crippen LogP contribution in [-0.2, 0) is 16.6 Å². The summed E-state index contributed by atoms with van der Waals surface area (Å²) in [5.41, 5.74) is 0.424. The van der Waals surface area contributed by atoms with Crippen LogP contribution in [-0.4, -0.2) is 44.7 Å². The largest absolute Gasteiger partial charge is 0.504 e. The van der Waals surface area contributed by atoms with E-state index in [-0.39, 0.29) is 24.1 Å². The van der Waals surface area contributed by atoms with Crippen LogP contribution in [0, 0.1) is 0 Å². The SMILES string of the molecule is CC(NC(=O)CN1CCCCCC1=O)c1nn(C)cc1O. The number of rotatable bonds is 4. The average molecular weight is 294 g/mol. The molecule has 1 aromatic rings. The zero-order chi connectivity index (χ0) is 15.4. The Morgan fingerprint density at radius 1 is 1.48 bits per heavy atom. The van der Waals surface area contributed by atoms with E-state index >= 15 is 0 Å². The van der Waals surface area contributed by atoms with Gasteiger partial charge in [0.25, 0.3) is 0 Å². The molecule has 1 saturated heterocycles. The maximum Gasteiger partial charge on any atom is 0.240 e. The average Bonchev–Trinajstić information content (AvgIpc) is 2.62. The highest BCUT2D eigenvalue weighted by atomic mass is 16.3. The number of nitrogens with one attached hydrogen (secondary N) is 1. The zero-order valence-electron chi connectivity index (χ0n) is 12.5. The highest BCUT2D eigenvalue weighted by molar-refractivity contribution is 5.85. The molecule has 0 radical (unpaired) electrons. The van der Waals surface area contributed by atoms with E-state index in [1.54, 1.807) is 18.9 Å². The number of hydrogen-bond donors (Lipinski definition) is 2. The number of aryl methyl sites for hydroxylation is 1. The Morgan fingerprint density at radius 2 is 2.24 bits per heavy atom. The van der Waals surface area contributed by atoms with Gasteiger partial charge in [-0.15, -0.1) is 0 Å². The highest BCUT2D eigenvalue weighted by Gasteiger charge is 2.21. The van der Waals surface area contributed by atoms with Crippen LogP contribution in [0.3, 0.4) is 0 Å². The standard InChI is InChI=1S/C14H22N4O3/c1-10(14-11(19)8-17(2)16-14)15-12(20)9-18-7-5-3-4-6-13(18)21/h8,10,19H,3-7,9H2,1-2H3,(H,15,20). The second-order valence-electron chi connectivity index (χ2n) is 5.49. The minimum Gasteiger partial charge on any atom is -0.504 e. The molecule has 116 valence electrons. The molecule has 2 rings (SSSR count). The second kappa shape index (κ2) is 6.60. The van der Waals surface area contributed by atoms with E-state index in [0.717, 1.165) is 19.3 Å². The quantitative estimate of drug-likeness (QED) is 0.856. The third kappa shape index (κ3) is 3.96. The summed E-state index contributed by atoms with van der Waals surface area (Å²) in [5, 5.41) is 16.6. The lowest BCUT2D eigenvalue weighted by Gasteiger charge is -2.21. The molecule has 1 unspecified atom stereocenters. The number of likely N-dealkylation sites (tertiary alicyclic amines) is 1. The van der Waals surface area contributed by atoms with Crippen molar-refractivity contribution in [3.63, 3.8) is 0 Å².